The Morgan fingerprint density at radius 3 is 2.68 bits per heavy atom. The molecule has 19 heavy (non-hydrogen) atoms. The number of likely N-dealkylation sites (tertiary alicyclic amines) is 1. The first kappa shape index (κ1) is 13.9. The number of hydrogen-bond acceptors (Lipinski definition) is 3. The number of methoxy groups -OCH3 is 1. The number of benzene rings is 1. The Labute approximate surface area is 117 Å². The molecule has 0 N–H and O–H groups in total. The third-order valence-electron chi connectivity index (χ3n) is 3.32. The Kier molecular flexibility index (Phi) is 4.43. The molecule has 5 heteroatoms. The second-order valence-electron chi connectivity index (χ2n) is 4.57. The minimum atomic E-state index is -0.426. The summed E-state index contributed by atoms with van der Waals surface area (Å²) in [7, 11) is 1.35. The predicted molar refractivity (Wildman–Crippen MR) is 71.9 cm³/mol. The minimum Gasteiger partial charge on any atom is -0.467 e. The van der Waals surface area contributed by atoms with Gasteiger partial charge in [0, 0.05) is 11.6 Å². The lowest BCUT2D eigenvalue weighted by atomic mass is 10.1. The highest BCUT2D eigenvalue weighted by atomic mass is 35.5. The third-order valence-corrected chi connectivity index (χ3v) is 3.57. The summed E-state index contributed by atoms with van der Waals surface area (Å²) < 4.78 is 4.73. The second kappa shape index (κ2) is 6.06. The van der Waals surface area contributed by atoms with Gasteiger partial charge >= 0.3 is 5.97 Å². The highest BCUT2D eigenvalue weighted by Crippen LogP contribution is 2.20. The maximum absolute atomic E-state index is 12.2. The SMILES string of the molecule is COC(=O)C1CCCN1C(=O)Cc1ccc(Cl)cc1. The van der Waals surface area contributed by atoms with Gasteiger partial charge in [-0.15, -0.1) is 0 Å². The van der Waals surface area contributed by atoms with Crippen molar-refractivity contribution in [1.29, 1.82) is 0 Å². The van der Waals surface area contributed by atoms with E-state index in [1.807, 2.05) is 12.1 Å². The molecule has 1 aromatic rings. The van der Waals surface area contributed by atoms with Crippen LogP contribution in [0.25, 0.3) is 0 Å². The molecule has 1 aliphatic rings. The van der Waals surface area contributed by atoms with Crippen molar-refractivity contribution < 1.29 is 14.3 Å². The molecular formula is C14H16ClNO3. The Morgan fingerprint density at radius 2 is 2.05 bits per heavy atom. The highest BCUT2D eigenvalue weighted by Gasteiger charge is 2.34. The molecule has 0 aliphatic carbocycles. The van der Waals surface area contributed by atoms with Gasteiger partial charge in [-0.1, -0.05) is 23.7 Å². The van der Waals surface area contributed by atoms with E-state index in [0.717, 1.165) is 12.0 Å². The maximum Gasteiger partial charge on any atom is 0.328 e. The lowest BCUT2D eigenvalue weighted by molar-refractivity contribution is -0.150. The van der Waals surface area contributed by atoms with Crippen LogP contribution in [0.3, 0.4) is 0 Å². The minimum absolute atomic E-state index is 0.0461. The number of carbonyl (C=O) groups is 2. The molecule has 1 heterocycles. The molecule has 0 spiro atoms. The molecule has 102 valence electrons. The van der Waals surface area contributed by atoms with Crippen LogP contribution in [0.15, 0.2) is 24.3 Å². The number of amides is 1. The zero-order valence-corrected chi connectivity index (χ0v) is 11.5. The van der Waals surface area contributed by atoms with Gasteiger partial charge in [-0.05, 0) is 30.5 Å². The predicted octanol–water partition coefficient (Wildman–Crippen LogP) is 2.05. The molecule has 0 radical (unpaired) electrons. The van der Waals surface area contributed by atoms with Gasteiger partial charge in [0.25, 0.3) is 0 Å². The fourth-order valence-corrected chi connectivity index (χ4v) is 2.45. The summed E-state index contributed by atoms with van der Waals surface area (Å²) in [5.74, 6) is -0.378. The Morgan fingerprint density at radius 1 is 1.37 bits per heavy atom. The van der Waals surface area contributed by atoms with Gasteiger partial charge in [0.1, 0.15) is 6.04 Å². The zero-order valence-electron chi connectivity index (χ0n) is 10.8. The first-order chi connectivity index (χ1) is 9.11. The second-order valence-corrected chi connectivity index (χ2v) is 5.01. The van der Waals surface area contributed by atoms with Crippen molar-refractivity contribution >= 4 is 23.5 Å². The molecule has 0 saturated carbocycles. The molecule has 1 unspecified atom stereocenters. The van der Waals surface area contributed by atoms with E-state index in [1.54, 1.807) is 17.0 Å². The van der Waals surface area contributed by atoms with Crippen LogP contribution in [-0.4, -0.2) is 36.5 Å². The molecule has 0 bridgehead atoms. The van der Waals surface area contributed by atoms with Crippen LogP contribution in [0.5, 0.6) is 0 Å². The fourth-order valence-electron chi connectivity index (χ4n) is 2.32. The number of carbonyl (C=O) groups excluding carboxylic acids is 2. The van der Waals surface area contributed by atoms with Crippen LogP contribution in [0.1, 0.15) is 18.4 Å². The van der Waals surface area contributed by atoms with Crippen molar-refractivity contribution in [3.05, 3.63) is 34.9 Å². The lowest BCUT2D eigenvalue weighted by Crippen LogP contribution is -2.41. The first-order valence-corrected chi connectivity index (χ1v) is 6.61. The van der Waals surface area contributed by atoms with E-state index in [1.165, 1.54) is 7.11 Å². The third kappa shape index (κ3) is 3.26. The smallest absolute Gasteiger partial charge is 0.328 e. The lowest BCUT2D eigenvalue weighted by Gasteiger charge is -2.22. The van der Waals surface area contributed by atoms with E-state index in [-0.39, 0.29) is 18.3 Å². The molecule has 0 aromatic heterocycles. The number of rotatable bonds is 3. The zero-order chi connectivity index (χ0) is 13.8. The van der Waals surface area contributed by atoms with Gasteiger partial charge in [0.15, 0.2) is 0 Å². The van der Waals surface area contributed by atoms with E-state index >= 15 is 0 Å². The summed E-state index contributed by atoms with van der Waals surface area (Å²) >= 11 is 5.80. The standard InChI is InChI=1S/C14H16ClNO3/c1-19-14(18)12-3-2-8-16(12)13(17)9-10-4-6-11(15)7-5-10/h4-7,12H,2-3,8-9H2,1H3. The molecule has 1 saturated heterocycles. The average Bonchev–Trinajstić information content (AvgIpc) is 2.90. The Bertz CT molecular complexity index is 472. The van der Waals surface area contributed by atoms with Crippen LogP contribution in [0.4, 0.5) is 0 Å². The van der Waals surface area contributed by atoms with Gasteiger partial charge in [-0.25, -0.2) is 4.79 Å². The average molecular weight is 282 g/mol. The van der Waals surface area contributed by atoms with Crippen LogP contribution < -0.4 is 0 Å². The number of hydrogen-bond donors (Lipinski definition) is 0. The van der Waals surface area contributed by atoms with Crippen LogP contribution in [-0.2, 0) is 20.7 Å². The van der Waals surface area contributed by atoms with E-state index in [2.05, 4.69) is 0 Å². The van der Waals surface area contributed by atoms with Crippen molar-refractivity contribution in [2.24, 2.45) is 0 Å². The maximum atomic E-state index is 12.2. The quantitative estimate of drug-likeness (QED) is 0.797. The summed E-state index contributed by atoms with van der Waals surface area (Å²) in [6.07, 6.45) is 1.80. The molecular weight excluding hydrogens is 266 g/mol. The largest absolute Gasteiger partial charge is 0.467 e. The van der Waals surface area contributed by atoms with Crippen molar-refractivity contribution in [1.82, 2.24) is 4.90 Å². The van der Waals surface area contributed by atoms with E-state index in [0.29, 0.717) is 18.0 Å². The number of nitrogens with zero attached hydrogens (tertiary/aromatic N) is 1. The Hall–Kier alpha value is -1.55. The van der Waals surface area contributed by atoms with Crippen LogP contribution in [0.2, 0.25) is 5.02 Å². The summed E-state index contributed by atoms with van der Waals surface area (Å²) in [6.45, 7) is 0.617. The van der Waals surface area contributed by atoms with Gasteiger partial charge in [-0.3, -0.25) is 4.79 Å². The van der Waals surface area contributed by atoms with Gasteiger partial charge in [-0.2, -0.15) is 0 Å². The number of esters is 1. The first-order valence-electron chi connectivity index (χ1n) is 6.23. The van der Waals surface area contributed by atoms with Crippen molar-refractivity contribution in [2.75, 3.05) is 13.7 Å². The topological polar surface area (TPSA) is 46.6 Å². The molecule has 4 nitrogen and oxygen atoms in total. The normalized spacial score (nSPS) is 18.4. The molecule has 1 amide bonds. The molecule has 1 fully saturated rings. The monoisotopic (exact) mass is 281 g/mol. The van der Waals surface area contributed by atoms with E-state index in [9.17, 15) is 9.59 Å². The van der Waals surface area contributed by atoms with Gasteiger partial charge in [0.2, 0.25) is 5.91 Å². The fraction of sp³-hybridized carbons (Fsp3) is 0.429. The summed E-state index contributed by atoms with van der Waals surface area (Å²) in [5.41, 5.74) is 0.893. The van der Waals surface area contributed by atoms with Gasteiger partial charge < -0.3 is 9.64 Å². The van der Waals surface area contributed by atoms with E-state index in [4.69, 9.17) is 16.3 Å². The number of ether oxygens (including phenoxy) is 1. The van der Waals surface area contributed by atoms with Crippen molar-refractivity contribution in [2.45, 2.75) is 25.3 Å². The molecule has 1 aliphatic heterocycles. The molecule has 1 aromatic carbocycles. The Balaban J connectivity index is 2.03. The van der Waals surface area contributed by atoms with Crippen molar-refractivity contribution in [3.63, 3.8) is 0 Å². The van der Waals surface area contributed by atoms with Gasteiger partial charge in [0.05, 0.1) is 13.5 Å². The molecule has 2 rings (SSSR count). The summed E-state index contributed by atoms with van der Waals surface area (Å²) in [4.78, 5) is 25.4. The van der Waals surface area contributed by atoms with Crippen LogP contribution >= 0.6 is 11.6 Å². The highest BCUT2D eigenvalue weighted by molar-refractivity contribution is 6.30. The van der Waals surface area contributed by atoms with Crippen LogP contribution in [0, 0.1) is 0 Å². The number of halogens is 1. The van der Waals surface area contributed by atoms with E-state index < -0.39 is 6.04 Å². The molecule has 1 atom stereocenters. The summed E-state index contributed by atoms with van der Waals surface area (Å²) in [6, 6.07) is 6.73. The summed E-state index contributed by atoms with van der Waals surface area (Å²) in [5, 5.41) is 0.643. The van der Waals surface area contributed by atoms with Crippen molar-refractivity contribution in [3.8, 4) is 0 Å².